The molecule has 6 atom stereocenters. The van der Waals surface area contributed by atoms with E-state index < -0.39 is 92.6 Å². The van der Waals surface area contributed by atoms with Crippen LogP contribution >= 0.6 is 23.2 Å². The van der Waals surface area contributed by atoms with Gasteiger partial charge in [-0.05, 0) is 43.0 Å². The summed E-state index contributed by atoms with van der Waals surface area (Å²) >= 11 is 14.2. The molecule has 47 heavy (non-hydrogen) atoms. The molecule has 6 unspecified atom stereocenters. The molecular weight excluding hydrogens is 681 g/mol. The highest BCUT2D eigenvalue weighted by Crippen LogP contribution is 2.66. The van der Waals surface area contributed by atoms with Crippen LogP contribution in [-0.4, -0.2) is 63.6 Å². The molecule has 0 aromatic heterocycles. The van der Waals surface area contributed by atoms with Crippen molar-refractivity contribution in [3.63, 3.8) is 0 Å². The number of hydrogen-bond acceptors (Lipinski definition) is 6. The van der Waals surface area contributed by atoms with Crippen molar-refractivity contribution in [2.45, 2.75) is 40.9 Å². The van der Waals surface area contributed by atoms with E-state index in [0.29, 0.717) is 22.6 Å². The maximum atomic E-state index is 14.1. The van der Waals surface area contributed by atoms with E-state index in [4.69, 9.17) is 27.9 Å². The second-order valence-corrected chi connectivity index (χ2v) is 13.1. The molecule has 0 bridgehead atoms. The number of para-hydroxylation sites is 1. The lowest BCUT2D eigenvalue weighted by atomic mass is 9.56. The summed E-state index contributed by atoms with van der Waals surface area (Å²) in [5.41, 5.74) is -3.73. The largest absolute Gasteiger partial charge is 0.491 e. The van der Waals surface area contributed by atoms with E-state index in [2.05, 4.69) is 0 Å². The number of anilines is 1. The Morgan fingerprint density at radius 1 is 0.915 bits per heavy atom. The minimum Gasteiger partial charge on any atom is -0.491 e. The first-order chi connectivity index (χ1) is 21.9. The van der Waals surface area contributed by atoms with E-state index in [1.165, 1.54) is 13.1 Å². The van der Waals surface area contributed by atoms with Crippen molar-refractivity contribution < 1.29 is 55.4 Å². The Kier molecular flexibility index (Phi) is 7.76. The summed E-state index contributed by atoms with van der Waals surface area (Å²) in [5.74, 6) is -8.60. The molecule has 2 aliphatic heterocycles. The van der Waals surface area contributed by atoms with Gasteiger partial charge in [-0.1, -0.05) is 29.8 Å². The van der Waals surface area contributed by atoms with E-state index in [1.54, 1.807) is 24.3 Å². The quantitative estimate of drug-likeness (QED) is 0.197. The van der Waals surface area contributed by atoms with Crippen LogP contribution in [0.4, 0.5) is 32.0 Å². The molecule has 4 aliphatic rings. The number of nitrogens with zero attached hydrogens (tertiary/aromatic N) is 2. The zero-order valence-electron chi connectivity index (χ0n) is 24.2. The molecule has 6 rings (SSSR count). The molecule has 3 fully saturated rings. The number of aliphatic hydroxyl groups is 1. The summed E-state index contributed by atoms with van der Waals surface area (Å²) in [4.78, 5) is 51.8. The van der Waals surface area contributed by atoms with Crippen molar-refractivity contribution in [2.24, 2.45) is 17.8 Å². The molecule has 250 valence electrons. The normalized spacial score (nSPS) is 30.7. The maximum absolute atomic E-state index is 14.1. The predicted octanol–water partition coefficient (Wildman–Crippen LogP) is 5.29. The van der Waals surface area contributed by atoms with Crippen molar-refractivity contribution >= 4 is 52.5 Å². The van der Waals surface area contributed by atoms with Gasteiger partial charge in [-0.2, -0.15) is 26.3 Å². The molecule has 1 saturated carbocycles. The summed E-state index contributed by atoms with van der Waals surface area (Å²) in [5, 5.41) is 9.38. The van der Waals surface area contributed by atoms with Crippen LogP contribution in [0.2, 0.25) is 0 Å². The van der Waals surface area contributed by atoms with Gasteiger partial charge in [-0.15, -0.1) is 23.2 Å². The number of halogens is 8. The standard InChI is InChI=1S/C31H24Cl2F6N2O6/c1-40-26(45)28(32)13-20-17(23(29(28,33)27(40)46)18-4-2-3-5-21(18)47-9-8-42)6-7-19-22(20)25(44)41(24(19)43)16-11-14(30(34,35)36)10-15(12-16)31(37,38)39/h2-6,10-12,19-20,22-23,42H,7-9,13H2,1H3. The van der Waals surface area contributed by atoms with Gasteiger partial charge in [0.1, 0.15) is 12.4 Å². The number of allylic oxidation sites excluding steroid dienone is 2. The number of rotatable bonds is 5. The van der Waals surface area contributed by atoms with Gasteiger partial charge in [0.25, 0.3) is 11.8 Å². The Labute approximate surface area is 272 Å². The topological polar surface area (TPSA) is 104 Å². The zero-order chi connectivity index (χ0) is 34.4. The molecular formula is C31H24Cl2F6N2O6. The number of benzene rings is 2. The van der Waals surface area contributed by atoms with Gasteiger partial charge < -0.3 is 9.84 Å². The molecule has 2 aromatic rings. The van der Waals surface area contributed by atoms with Crippen LogP contribution in [0.5, 0.6) is 5.75 Å². The first kappa shape index (κ1) is 33.3. The van der Waals surface area contributed by atoms with Gasteiger partial charge in [-0.25, -0.2) is 4.90 Å². The average molecular weight is 705 g/mol. The Balaban J connectivity index is 1.50. The number of likely N-dealkylation sites (tertiary alicyclic amines) is 1. The Morgan fingerprint density at radius 2 is 1.53 bits per heavy atom. The van der Waals surface area contributed by atoms with E-state index in [1.807, 2.05) is 0 Å². The zero-order valence-corrected chi connectivity index (χ0v) is 25.7. The highest BCUT2D eigenvalue weighted by molar-refractivity contribution is 6.53. The number of carbonyl (C=O) groups is 4. The molecule has 2 aromatic carbocycles. The third-order valence-corrected chi connectivity index (χ3v) is 10.8. The van der Waals surface area contributed by atoms with E-state index in [-0.39, 0.29) is 37.0 Å². The molecule has 16 heteroatoms. The van der Waals surface area contributed by atoms with Crippen LogP contribution < -0.4 is 9.64 Å². The van der Waals surface area contributed by atoms with Crippen LogP contribution in [-0.2, 0) is 31.5 Å². The van der Waals surface area contributed by atoms with Gasteiger partial charge in [0.05, 0.1) is 35.3 Å². The fourth-order valence-electron chi connectivity index (χ4n) is 7.42. The summed E-state index contributed by atoms with van der Waals surface area (Å²) in [7, 11) is 1.18. The first-order valence-electron chi connectivity index (χ1n) is 14.3. The van der Waals surface area contributed by atoms with E-state index in [9.17, 15) is 50.6 Å². The van der Waals surface area contributed by atoms with Crippen molar-refractivity contribution in [1.29, 1.82) is 0 Å². The third kappa shape index (κ3) is 4.77. The minimum absolute atomic E-state index is 0.111. The predicted molar refractivity (Wildman–Crippen MR) is 153 cm³/mol. The lowest BCUT2D eigenvalue weighted by Gasteiger charge is -2.51. The smallest absolute Gasteiger partial charge is 0.416 e. The number of amides is 4. The lowest BCUT2D eigenvalue weighted by molar-refractivity contribution is -0.143. The van der Waals surface area contributed by atoms with Gasteiger partial charge in [0, 0.05) is 18.5 Å². The van der Waals surface area contributed by atoms with Crippen LogP contribution in [0.15, 0.2) is 54.1 Å². The van der Waals surface area contributed by atoms with Gasteiger partial charge in [0.15, 0.2) is 9.75 Å². The van der Waals surface area contributed by atoms with Crippen molar-refractivity contribution in [2.75, 3.05) is 25.2 Å². The number of aliphatic hydroxyl groups excluding tert-OH is 1. The highest BCUT2D eigenvalue weighted by atomic mass is 35.5. The summed E-state index contributed by atoms with van der Waals surface area (Å²) in [6.45, 7) is -0.540. The van der Waals surface area contributed by atoms with Crippen molar-refractivity contribution in [1.82, 2.24) is 4.90 Å². The number of imide groups is 2. The molecule has 4 amide bonds. The molecule has 2 aliphatic carbocycles. The molecule has 0 radical (unpaired) electrons. The lowest BCUT2D eigenvalue weighted by Crippen LogP contribution is -2.60. The molecule has 2 saturated heterocycles. The number of carbonyl (C=O) groups excluding carboxylic acids is 4. The fourth-order valence-corrected chi connectivity index (χ4v) is 8.43. The average Bonchev–Trinajstić information content (AvgIpc) is 3.34. The van der Waals surface area contributed by atoms with E-state index in [0.717, 1.165) is 4.90 Å². The third-order valence-electron chi connectivity index (χ3n) is 9.42. The summed E-state index contributed by atoms with van der Waals surface area (Å²) in [6, 6.07) is 6.77. The molecule has 0 spiro atoms. The van der Waals surface area contributed by atoms with Gasteiger partial charge in [0.2, 0.25) is 11.8 Å². The second kappa shape index (κ2) is 11.0. The fraction of sp³-hybridized carbons (Fsp3) is 0.419. The Bertz CT molecular complexity index is 1720. The second-order valence-electron chi connectivity index (χ2n) is 11.9. The molecule has 2 heterocycles. The van der Waals surface area contributed by atoms with Gasteiger partial charge >= 0.3 is 12.4 Å². The SMILES string of the molecule is CN1C(=O)C2(Cl)CC3C(=CCC4C(=O)N(c5cc(C(F)(F)F)cc(C(F)(F)F)c5)C(=O)C43)C(c3ccccc3OCCO)C2(Cl)C1=O. The van der Waals surface area contributed by atoms with Crippen molar-refractivity contribution in [3.05, 3.63) is 70.8 Å². The highest BCUT2D eigenvalue weighted by Gasteiger charge is 2.76. The number of fused-ring (bicyclic) bond motifs is 4. The number of alkyl halides is 8. The number of hydrogen-bond donors (Lipinski definition) is 1. The monoisotopic (exact) mass is 704 g/mol. The summed E-state index contributed by atoms with van der Waals surface area (Å²) < 4.78 is 87.7. The Hall–Kier alpha value is -3.62. The Morgan fingerprint density at radius 3 is 2.13 bits per heavy atom. The van der Waals surface area contributed by atoms with E-state index >= 15 is 0 Å². The van der Waals surface area contributed by atoms with Crippen LogP contribution in [0.1, 0.15) is 35.4 Å². The van der Waals surface area contributed by atoms with Crippen LogP contribution in [0.25, 0.3) is 0 Å². The minimum atomic E-state index is -5.23. The number of ether oxygens (including phenoxy) is 1. The van der Waals surface area contributed by atoms with Crippen LogP contribution in [0.3, 0.4) is 0 Å². The van der Waals surface area contributed by atoms with Gasteiger partial charge in [-0.3, -0.25) is 24.1 Å². The van der Waals surface area contributed by atoms with Crippen LogP contribution in [0, 0.1) is 17.8 Å². The molecule has 1 N–H and O–H groups in total. The first-order valence-corrected chi connectivity index (χ1v) is 15.0. The maximum Gasteiger partial charge on any atom is 0.416 e. The van der Waals surface area contributed by atoms with Crippen molar-refractivity contribution in [3.8, 4) is 5.75 Å². The molecule has 8 nitrogen and oxygen atoms in total. The summed E-state index contributed by atoms with van der Waals surface area (Å²) in [6.07, 6.45) is -9.54.